The van der Waals surface area contributed by atoms with Crippen LogP contribution in [0, 0.1) is 5.92 Å². The predicted octanol–water partition coefficient (Wildman–Crippen LogP) is 1.48. The van der Waals surface area contributed by atoms with E-state index in [1.54, 1.807) is 17.3 Å². The lowest BCUT2D eigenvalue weighted by atomic mass is 10.1. The van der Waals surface area contributed by atoms with E-state index in [2.05, 4.69) is 10.3 Å². The minimum Gasteiger partial charge on any atom is -0.454 e. The minimum absolute atomic E-state index is 0.0100. The number of nitrogens with zero attached hydrogens (tertiary/aromatic N) is 2. The Morgan fingerprint density at radius 2 is 2.12 bits per heavy atom. The van der Waals surface area contributed by atoms with Crippen molar-refractivity contribution in [2.24, 2.45) is 5.92 Å². The summed E-state index contributed by atoms with van der Waals surface area (Å²) in [6.45, 7) is 1.52. The molecule has 1 atom stereocenters. The van der Waals surface area contributed by atoms with Crippen molar-refractivity contribution in [3.8, 4) is 11.5 Å². The molecule has 0 saturated carbocycles. The molecule has 4 rings (SSSR count). The number of carbonyl (C=O) groups excluding carboxylic acids is 2. The molecule has 1 N–H and O–H groups in total. The largest absolute Gasteiger partial charge is 0.454 e. The first-order chi connectivity index (χ1) is 12.7. The number of carbonyl (C=O) groups is 2. The highest BCUT2D eigenvalue weighted by atomic mass is 16.7. The van der Waals surface area contributed by atoms with Gasteiger partial charge < -0.3 is 19.7 Å². The number of aromatic nitrogens is 1. The Morgan fingerprint density at radius 3 is 2.96 bits per heavy atom. The van der Waals surface area contributed by atoms with E-state index < -0.39 is 0 Å². The molecule has 1 aromatic carbocycles. The molecule has 1 aromatic heterocycles. The number of rotatable bonds is 5. The molecule has 0 aliphatic carbocycles. The molecule has 7 heteroatoms. The van der Waals surface area contributed by atoms with Crippen LogP contribution < -0.4 is 14.8 Å². The van der Waals surface area contributed by atoms with Crippen molar-refractivity contribution in [3.05, 3.63) is 53.9 Å². The summed E-state index contributed by atoms with van der Waals surface area (Å²) in [6, 6.07) is 9.37. The molecule has 0 radical (unpaired) electrons. The summed E-state index contributed by atoms with van der Waals surface area (Å²) in [4.78, 5) is 30.4. The van der Waals surface area contributed by atoms with E-state index in [0.717, 1.165) is 11.1 Å². The minimum atomic E-state index is -0.326. The fourth-order valence-electron chi connectivity index (χ4n) is 3.20. The quantitative estimate of drug-likeness (QED) is 0.881. The third kappa shape index (κ3) is 3.46. The van der Waals surface area contributed by atoms with Gasteiger partial charge in [0.15, 0.2) is 11.5 Å². The smallest absolute Gasteiger partial charge is 0.231 e. The fraction of sp³-hybridized carbons (Fsp3) is 0.316. The lowest BCUT2D eigenvalue weighted by molar-refractivity contribution is -0.129. The van der Waals surface area contributed by atoms with E-state index in [-0.39, 0.29) is 30.9 Å². The molecule has 2 aromatic rings. The number of ether oxygens (including phenoxy) is 2. The molecule has 3 heterocycles. The van der Waals surface area contributed by atoms with E-state index >= 15 is 0 Å². The Hall–Kier alpha value is -3.09. The van der Waals surface area contributed by atoms with Gasteiger partial charge in [0.1, 0.15) is 0 Å². The Kier molecular flexibility index (Phi) is 4.43. The highest BCUT2D eigenvalue weighted by Crippen LogP contribution is 2.33. The standard InChI is InChI=1S/C19H19N3O4/c23-18-7-15(19(24)21-9-14-2-1-5-20-8-14)11-22(18)10-13-3-4-16-17(6-13)26-12-25-16/h1-6,8,15H,7,9-12H2,(H,21,24). The molecule has 1 saturated heterocycles. The van der Waals surface area contributed by atoms with Crippen LogP contribution in [0.3, 0.4) is 0 Å². The Morgan fingerprint density at radius 1 is 1.23 bits per heavy atom. The van der Waals surface area contributed by atoms with Gasteiger partial charge in [-0.3, -0.25) is 14.6 Å². The molecule has 0 bridgehead atoms. The molecule has 2 aliphatic heterocycles. The van der Waals surface area contributed by atoms with E-state index in [9.17, 15) is 9.59 Å². The van der Waals surface area contributed by atoms with Crippen LogP contribution in [-0.2, 0) is 22.7 Å². The molecule has 1 fully saturated rings. The van der Waals surface area contributed by atoms with Crippen LogP contribution in [0.4, 0.5) is 0 Å². The van der Waals surface area contributed by atoms with Gasteiger partial charge in [0.25, 0.3) is 0 Å². The predicted molar refractivity (Wildman–Crippen MR) is 92.2 cm³/mol. The topological polar surface area (TPSA) is 80.8 Å². The van der Waals surface area contributed by atoms with Crippen LogP contribution in [0.2, 0.25) is 0 Å². The zero-order valence-corrected chi connectivity index (χ0v) is 14.2. The van der Waals surface area contributed by atoms with Crippen molar-refractivity contribution in [1.82, 2.24) is 15.2 Å². The third-order valence-electron chi connectivity index (χ3n) is 4.59. The van der Waals surface area contributed by atoms with Gasteiger partial charge in [0, 0.05) is 38.4 Å². The highest BCUT2D eigenvalue weighted by Gasteiger charge is 2.34. The van der Waals surface area contributed by atoms with Crippen LogP contribution in [-0.4, -0.2) is 35.0 Å². The highest BCUT2D eigenvalue weighted by molar-refractivity contribution is 5.89. The van der Waals surface area contributed by atoms with Gasteiger partial charge in [-0.15, -0.1) is 0 Å². The number of hydrogen-bond acceptors (Lipinski definition) is 5. The van der Waals surface area contributed by atoms with E-state index in [0.29, 0.717) is 31.1 Å². The second-order valence-electron chi connectivity index (χ2n) is 6.44. The lowest BCUT2D eigenvalue weighted by Crippen LogP contribution is -2.32. The molecule has 134 valence electrons. The molecule has 1 unspecified atom stereocenters. The van der Waals surface area contributed by atoms with E-state index in [4.69, 9.17) is 9.47 Å². The SMILES string of the molecule is O=C(NCc1cccnc1)C1CC(=O)N(Cc2ccc3c(c2)OCO3)C1. The van der Waals surface area contributed by atoms with Gasteiger partial charge in [-0.25, -0.2) is 0 Å². The van der Waals surface area contributed by atoms with Crippen LogP contribution in [0.15, 0.2) is 42.7 Å². The Labute approximate surface area is 150 Å². The van der Waals surface area contributed by atoms with Crippen molar-refractivity contribution in [2.45, 2.75) is 19.5 Å². The number of hydrogen-bond donors (Lipinski definition) is 1. The number of fused-ring (bicyclic) bond motifs is 1. The second kappa shape index (κ2) is 7.03. The maximum absolute atomic E-state index is 12.4. The molecular formula is C19H19N3O4. The first-order valence-corrected chi connectivity index (χ1v) is 8.52. The number of likely N-dealkylation sites (tertiary alicyclic amines) is 1. The number of nitrogens with one attached hydrogen (secondary N) is 1. The summed E-state index contributed by atoms with van der Waals surface area (Å²) in [5, 5.41) is 2.89. The van der Waals surface area contributed by atoms with Gasteiger partial charge in [-0.2, -0.15) is 0 Å². The van der Waals surface area contributed by atoms with Crippen molar-refractivity contribution >= 4 is 11.8 Å². The first-order valence-electron chi connectivity index (χ1n) is 8.52. The summed E-state index contributed by atoms with van der Waals surface area (Å²) in [6.07, 6.45) is 3.64. The summed E-state index contributed by atoms with van der Waals surface area (Å²) in [5.74, 6) is 0.974. The van der Waals surface area contributed by atoms with Crippen molar-refractivity contribution in [1.29, 1.82) is 0 Å². The van der Waals surface area contributed by atoms with Gasteiger partial charge in [0.05, 0.1) is 5.92 Å². The molecule has 26 heavy (non-hydrogen) atoms. The average Bonchev–Trinajstić information content (AvgIpc) is 3.27. The molecule has 2 amide bonds. The zero-order chi connectivity index (χ0) is 17.9. The second-order valence-corrected chi connectivity index (χ2v) is 6.44. The summed E-state index contributed by atoms with van der Waals surface area (Å²) >= 11 is 0. The zero-order valence-electron chi connectivity index (χ0n) is 14.2. The number of amides is 2. The molecule has 7 nitrogen and oxygen atoms in total. The van der Waals surface area contributed by atoms with Gasteiger partial charge in [-0.1, -0.05) is 12.1 Å². The molecule has 0 spiro atoms. The Balaban J connectivity index is 1.34. The summed E-state index contributed by atoms with van der Waals surface area (Å²) < 4.78 is 10.7. The number of benzene rings is 1. The Bertz CT molecular complexity index is 825. The van der Waals surface area contributed by atoms with Crippen molar-refractivity contribution < 1.29 is 19.1 Å². The van der Waals surface area contributed by atoms with E-state index in [1.165, 1.54) is 0 Å². The monoisotopic (exact) mass is 353 g/mol. The van der Waals surface area contributed by atoms with Crippen molar-refractivity contribution in [2.75, 3.05) is 13.3 Å². The summed E-state index contributed by atoms with van der Waals surface area (Å²) in [5.41, 5.74) is 1.89. The van der Waals surface area contributed by atoms with Gasteiger partial charge >= 0.3 is 0 Å². The van der Waals surface area contributed by atoms with Gasteiger partial charge in [-0.05, 0) is 29.3 Å². The molecule has 2 aliphatic rings. The van der Waals surface area contributed by atoms with Crippen LogP contribution in [0.5, 0.6) is 11.5 Å². The fourth-order valence-corrected chi connectivity index (χ4v) is 3.20. The third-order valence-corrected chi connectivity index (χ3v) is 4.59. The average molecular weight is 353 g/mol. The maximum atomic E-state index is 12.4. The van der Waals surface area contributed by atoms with Crippen LogP contribution in [0.1, 0.15) is 17.5 Å². The number of pyridine rings is 1. The first kappa shape index (κ1) is 16.4. The molecular weight excluding hydrogens is 334 g/mol. The lowest BCUT2D eigenvalue weighted by Gasteiger charge is -2.17. The normalized spacial score (nSPS) is 18.2. The summed E-state index contributed by atoms with van der Waals surface area (Å²) in [7, 11) is 0. The van der Waals surface area contributed by atoms with Crippen LogP contribution in [0.25, 0.3) is 0 Å². The maximum Gasteiger partial charge on any atom is 0.231 e. The van der Waals surface area contributed by atoms with Crippen molar-refractivity contribution in [3.63, 3.8) is 0 Å². The van der Waals surface area contributed by atoms with Gasteiger partial charge in [0.2, 0.25) is 18.6 Å². The van der Waals surface area contributed by atoms with Crippen LogP contribution >= 0.6 is 0 Å². The van der Waals surface area contributed by atoms with E-state index in [1.807, 2.05) is 30.3 Å².